The van der Waals surface area contributed by atoms with Crippen LogP contribution < -0.4 is 0 Å². The van der Waals surface area contributed by atoms with Crippen molar-refractivity contribution in [2.75, 3.05) is 0 Å². The first-order valence-corrected chi connectivity index (χ1v) is 15.6. The second-order valence-electron chi connectivity index (χ2n) is 15.4. The summed E-state index contributed by atoms with van der Waals surface area (Å²) in [6.07, 6.45) is 7.40. The van der Waals surface area contributed by atoms with Crippen LogP contribution in [-0.4, -0.2) is 0 Å². The summed E-state index contributed by atoms with van der Waals surface area (Å²) in [4.78, 5) is 0. The van der Waals surface area contributed by atoms with Gasteiger partial charge in [0.25, 0.3) is 0 Å². The van der Waals surface area contributed by atoms with Crippen LogP contribution in [0.1, 0.15) is 92.2 Å². The molecule has 0 aliphatic heterocycles. The van der Waals surface area contributed by atoms with Gasteiger partial charge in [-0.1, -0.05) is 91.8 Å². The van der Waals surface area contributed by atoms with Gasteiger partial charge in [-0.2, -0.15) is 0 Å². The molecular formula is C40H50. The van der Waals surface area contributed by atoms with Gasteiger partial charge in [0.2, 0.25) is 0 Å². The third-order valence-electron chi connectivity index (χ3n) is 8.61. The van der Waals surface area contributed by atoms with Gasteiger partial charge in [-0.3, -0.25) is 0 Å². The quantitative estimate of drug-likeness (QED) is 0.175. The molecule has 0 heteroatoms. The molecule has 0 fully saturated rings. The highest BCUT2D eigenvalue weighted by Crippen LogP contribution is 2.33. The van der Waals surface area contributed by atoms with Gasteiger partial charge in [0.15, 0.2) is 0 Å². The van der Waals surface area contributed by atoms with Crippen LogP contribution in [0, 0.1) is 22.7 Å². The smallest absolute Gasteiger partial charge is 0.0171 e. The summed E-state index contributed by atoms with van der Waals surface area (Å²) in [7, 11) is 0. The number of hydrogen-bond donors (Lipinski definition) is 0. The molecule has 0 saturated carbocycles. The van der Waals surface area contributed by atoms with Gasteiger partial charge in [-0.05, 0) is 152 Å². The van der Waals surface area contributed by atoms with Gasteiger partial charge in [0, 0.05) is 0 Å². The van der Waals surface area contributed by atoms with E-state index < -0.39 is 0 Å². The average Bonchev–Trinajstić information content (AvgIpc) is 2.85. The van der Waals surface area contributed by atoms with Crippen LogP contribution >= 0.6 is 0 Å². The molecule has 5 aromatic rings. The van der Waals surface area contributed by atoms with E-state index in [-0.39, 0.29) is 0 Å². The van der Waals surface area contributed by atoms with Gasteiger partial charge in [-0.25, -0.2) is 0 Å². The van der Waals surface area contributed by atoms with E-state index in [9.17, 15) is 0 Å². The topological polar surface area (TPSA) is 0 Å². The number of benzene rings is 5. The number of fused-ring (bicyclic) bond motifs is 4. The maximum Gasteiger partial charge on any atom is -0.0171 e. The molecule has 2 atom stereocenters. The summed E-state index contributed by atoms with van der Waals surface area (Å²) in [6, 6.07) is 28.5. The zero-order chi connectivity index (χ0) is 28.7. The normalized spacial score (nSPS) is 14.4. The fourth-order valence-corrected chi connectivity index (χ4v) is 7.03. The maximum absolute atomic E-state index is 2.42. The number of rotatable bonds is 8. The van der Waals surface area contributed by atoms with Crippen LogP contribution in [-0.2, 0) is 12.8 Å². The minimum absolute atomic E-state index is 0.405. The fourth-order valence-electron chi connectivity index (χ4n) is 7.03. The molecule has 0 saturated heterocycles. The van der Waals surface area contributed by atoms with Crippen molar-refractivity contribution in [1.82, 2.24) is 0 Å². The van der Waals surface area contributed by atoms with E-state index in [4.69, 9.17) is 0 Å². The summed E-state index contributed by atoms with van der Waals surface area (Å²) in [5.41, 5.74) is 3.73. The Labute approximate surface area is 243 Å². The summed E-state index contributed by atoms with van der Waals surface area (Å²) in [5, 5.41) is 10.7. The van der Waals surface area contributed by atoms with Gasteiger partial charge in [0.1, 0.15) is 0 Å². The molecule has 0 aromatic heterocycles. The predicted octanol–water partition coefficient (Wildman–Crippen LogP) is 12.3. The van der Waals surface area contributed by atoms with Crippen molar-refractivity contribution in [2.24, 2.45) is 22.7 Å². The minimum Gasteiger partial charge on any atom is -0.0625 e. The van der Waals surface area contributed by atoms with Crippen molar-refractivity contribution in [3.63, 3.8) is 0 Å². The highest BCUT2D eigenvalue weighted by Gasteiger charge is 2.16. The second kappa shape index (κ2) is 11.2. The molecule has 0 aliphatic rings. The summed E-state index contributed by atoms with van der Waals surface area (Å²) in [6.45, 7) is 18.9. The monoisotopic (exact) mass is 530 g/mol. The van der Waals surface area contributed by atoms with Crippen molar-refractivity contribution in [3.8, 4) is 0 Å². The van der Waals surface area contributed by atoms with Crippen molar-refractivity contribution in [2.45, 2.75) is 93.9 Å². The SMILES string of the molecule is CC(CCc1ccc2cc3cc4cc5cc(CCC(C)CC(C)(C)C)ccc5cc4cc3cc2c1)CC(C)(C)C. The van der Waals surface area contributed by atoms with E-state index in [1.165, 1.54) is 79.9 Å². The lowest BCUT2D eigenvalue weighted by molar-refractivity contribution is 0.296. The van der Waals surface area contributed by atoms with Crippen molar-refractivity contribution in [1.29, 1.82) is 0 Å². The predicted molar refractivity (Wildman–Crippen MR) is 180 cm³/mol. The van der Waals surface area contributed by atoms with Crippen molar-refractivity contribution in [3.05, 3.63) is 83.9 Å². The van der Waals surface area contributed by atoms with Crippen LogP contribution in [0.3, 0.4) is 0 Å². The molecule has 0 N–H and O–H groups in total. The summed E-state index contributed by atoms with van der Waals surface area (Å²) < 4.78 is 0. The van der Waals surface area contributed by atoms with E-state index in [1.807, 2.05) is 0 Å². The zero-order valence-electron chi connectivity index (χ0n) is 26.3. The molecule has 210 valence electrons. The molecule has 0 aliphatic carbocycles. The molecule has 5 aromatic carbocycles. The molecule has 0 radical (unpaired) electrons. The van der Waals surface area contributed by atoms with Crippen LogP contribution in [0.4, 0.5) is 0 Å². The van der Waals surface area contributed by atoms with E-state index in [1.54, 1.807) is 0 Å². The molecule has 40 heavy (non-hydrogen) atoms. The lowest BCUT2D eigenvalue weighted by Gasteiger charge is -2.23. The molecule has 0 spiro atoms. The summed E-state index contributed by atoms with van der Waals surface area (Å²) in [5.74, 6) is 1.50. The first kappa shape index (κ1) is 28.7. The van der Waals surface area contributed by atoms with Crippen molar-refractivity contribution < 1.29 is 0 Å². The van der Waals surface area contributed by atoms with E-state index >= 15 is 0 Å². The summed E-state index contributed by atoms with van der Waals surface area (Å²) >= 11 is 0. The molecule has 0 amide bonds. The molecule has 2 unspecified atom stereocenters. The van der Waals surface area contributed by atoms with E-state index in [0.29, 0.717) is 10.8 Å². The Morgan fingerprint density at radius 1 is 0.425 bits per heavy atom. The maximum atomic E-state index is 2.42. The van der Waals surface area contributed by atoms with E-state index in [2.05, 4.69) is 128 Å². The Hall–Kier alpha value is -2.86. The zero-order valence-corrected chi connectivity index (χ0v) is 26.3. The van der Waals surface area contributed by atoms with Crippen LogP contribution in [0.25, 0.3) is 43.1 Å². The third kappa shape index (κ3) is 7.25. The van der Waals surface area contributed by atoms with Gasteiger partial charge in [0.05, 0.1) is 0 Å². The van der Waals surface area contributed by atoms with Gasteiger partial charge >= 0.3 is 0 Å². The highest BCUT2D eigenvalue weighted by atomic mass is 14.2. The second-order valence-corrected chi connectivity index (χ2v) is 15.4. The Morgan fingerprint density at radius 3 is 1.05 bits per heavy atom. The molecule has 5 rings (SSSR count). The molecule has 0 heterocycles. The highest BCUT2D eigenvalue weighted by molar-refractivity contribution is 6.08. The Morgan fingerprint density at radius 2 is 0.725 bits per heavy atom. The van der Waals surface area contributed by atoms with Crippen LogP contribution in [0.15, 0.2) is 72.8 Å². The number of aryl methyl sites for hydroxylation is 2. The standard InChI is InChI=1S/C40H50/c1-27(25-39(3,4)5)9-11-29-13-15-31-19-35-24-38-22-34-18-30(12-10-28(2)26-40(6,7)8)14-16-32(34)20-36(38)23-37(35)21-33(31)17-29/h13-24,27-28H,9-12,25-26H2,1-8H3. The molecular weight excluding hydrogens is 480 g/mol. The Bertz CT molecular complexity index is 1510. The fraction of sp³-hybridized carbons (Fsp3) is 0.450. The van der Waals surface area contributed by atoms with Crippen LogP contribution in [0.5, 0.6) is 0 Å². The minimum atomic E-state index is 0.405. The first-order chi connectivity index (χ1) is 18.8. The average molecular weight is 531 g/mol. The largest absolute Gasteiger partial charge is 0.0625 e. The van der Waals surface area contributed by atoms with E-state index in [0.717, 1.165) is 24.7 Å². The third-order valence-corrected chi connectivity index (χ3v) is 8.61. The van der Waals surface area contributed by atoms with Crippen LogP contribution in [0.2, 0.25) is 0 Å². The van der Waals surface area contributed by atoms with Gasteiger partial charge < -0.3 is 0 Å². The lowest BCUT2D eigenvalue weighted by atomic mass is 9.83. The molecule has 0 bridgehead atoms. The Kier molecular flexibility index (Phi) is 8.02. The Balaban J connectivity index is 1.39. The number of hydrogen-bond acceptors (Lipinski definition) is 0. The lowest BCUT2D eigenvalue weighted by Crippen LogP contribution is -2.11. The molecule has 0 nitrogen and oxygen atoms in total. The van der Waals surface area contributed by atoms with Gasteiger partial charge in [-0.15, -0.1) is 0 Å². The van der Waals surface area contributed by atoms with Crippen molar-refractivity contribution >= 4 is 43.1 Å². The first-order valence-electron chi connectivity index (χ1n) is 15.6.